The van der Waals surface area contributed by atoms with Crippen LogP contribution in [0, 0.1) is 0 Å². The molecule has 0 aromatic heterocycles. The van der Waals surface area contributed by atoms with Crippen LogP contribution in [0.2, 0.25) is 0 Å². The van der Waals surface area contributed by atoms with Gasteiger partial charge in [-0.3, -0.25) is 9.59 Å². The second-order valence-electron chi connectivity index (χ2n) is 6.83. The van der Waals surface area contributed by atoms with Gasteiger partial charge in [0.05, 0.1) is 0 Å². The Morgan fingerprint density at radius 1 is 1.13 bits per heavy atom. The topological polar surface area (TPSA) is 58.6 Å². The van der Waals surface area contributed by atoms with Crippen molar-refractivity contribution in [1.82, 2.24) is 10.2 Å². The maximum atomic E-state index is 12.6. The summed E-state index contributed by atoms with van der Waals surface area (Å²) < 4.78 is 30.3. The molecule has 0 atom stereocenters. The Morgan fingerprint density at radius 3 is 2.50 bits per heavy atom. The average Bonchev–Trinajstić information content (AvgIpc) is 2.74. The van der Waals surface area contributed by atoms with Crippen molar-refractivity contribution in [3.63, 3.8) is 0 Å². The number of amides is 2. The summed E-state index contributed by atoms with van der Waals surface area (Å²) in [5.41, 5.74) is 0.984. The van der Waals surface area contributed by atoms with Crippen molar-refractivity contribution < 1.29 is 23.1 Å². The molecule has 1 fully saturated rings. The molecule has 0 radical (unpaired) electrons. The van der Waals surface area contributed by atoms with Crippen LogP contribution in [-0.4, -0.2) is 42.5 Å². The summed E-state index contributed by atoms with van der Waals surface area (Å²) in [4.78, 5) is 26.4. The maximum Gasteiger partial charge on any atom is 0.387 e. The van der Waals surface area contributed by atoms with Crippen LogP contribution in [-0.2, 0) is 4.79 Å². The molecule has 0 spiro atoms. The number of nitrogens with zero attached hydrogens (tertiary/aromatic N) is 1. The lowest BCUT2D eigenvalue weighted by Gasteiger charge is -2.31. The molecule has 0 aliphatic carbocycles. The molecule has 0 unspecified atom stereocenters. The van der Waals surface area contributed by atoms with Crippen molar-refractivity contribution in [2.45, 2.75) is 25.5 Å². The molecule has 1 heterocycles. The standard InChI is InChI=1S/C22H21BrF2N2O3/c23-17-7-8-19(30-22(24)25)16(14-17)6-9-20(28)27-12-10-18(11-13-27)26-21(29)15-4-2-1-3-5-15/h1-9,14,18,22H,10-13H2,(H,26,29)/b9-6+. The number of carbonyl (C=O) groups excluding carboxylic acids is 2. The number of piperidine rings is 1. The van der Waals surface area contributed by atoms with E-state index in [1.807, 2.05) is 18.2 Å². The molecule has 1 aliphatic rings. The van der Waals surface area contributed by atoms with Crippen LogP contribution in [0.3, 0.4) is 0 Å². The van der Waals surface area contributed by atoms with E-state index in [9.17, 15) is 18.4 Å². The van der Waals surface area contributed by atoms with Gasteiger partial charge in [-0.15, -0.1) is 0 Å². The highest BCUT2D eigenvalue weighted by Crippen LogP contribution is 2.26. The molecule has 0 saturated carbocycles. The molecule has 2 amide bonds. The van der Waals surface area contributed by atoms with Crippen molar-refractivity contribution in [3.8, 4) is 5.75 Å². The summed E-state index contributed by atoms with van der Waals surface area (Å²) in [7, 11) is 0. The Labute approximate surface area is 181 Å². The molecular formula is C22H21BrF2N2O3. The Balaban J connectivity index is 1.54. The van der Waals surface area contributed by atoms with E-state index in [0.29, 0.717) is 41.5 Å². The second kappa shape index (κ2) is 10.3. The Kier molecular flexibility index (Phi) is 7.57. The van der Waals surface area contributed by atoms with Crippen LogP contribution in [0.25, 0.3) is 6.08 Å². The van der Waals surface area contributed by atoms with E-state index in [-0.39, 0.29) is 23.6 Å². The van der Waals surface area contributed by atoms with Gasteiger partial charge in [0.25, 0.3) is 5.91 Å². The predicted molar refractivity (Wildman–Crippen MR) is 113 cm³/mol. The van der Waals surface area contributed by atoms with E-state index in [1.54, 1.807) is 29.2 Å². The van der Waals surface area contributed by atoms with Crippen LogP contribution in [0.5, 0.6) is 5.75 Å². The largest absolute Gasteiger partial charge is 0.434 e. The van der Waals surface area contributed by atoms with E-state index >= 15 is 0 Å². The summed E-state index contributed by atoms with van der Waals surface area (Å²) in [6.45, 7) is -1.94. The molecule has 158 valence electrons. The van der Waals surface area contributed by atoms with Crippen LogP contribution < -0.4 is 10.1 Å². The predicted octanol–water partition coefficient (Wildman–Crippen LogP) is 4.48. The smallest absolute Gasteiger partial charge is 0.387 e. The zero-order valence-electron chi connectivity index (χ0n) is 16.1. The minimum atomic E-state index is -2.95. The third-order valence-electron chi connectivity index (χ3n) is 4.77. The Morgan fingerprint density at radius 2 is 1.83 bits per heavy atom. The van der Waals surface area contributed by atoms with E-state index in [4.69, 9.17) is 0 Å². The van der Waals surface area contributed by atoms with Crippen molar-refractivity contribution in [2.75, 3.05) is 13.1 Å². The van der Waals surface area contributed by atoms with Gasteiger partial charge in [0.2, 0.25) is 5.91 Å². The van der Waals surface area contributed by atoms with Crippen molar-refractivity contribution in [2.24, 2.45) is 0 Å². The SMILES string of the molecule is O=C(NC1CCN(C(=O)/C=C/c2cc(Br)ccc2OC(F)F)CC1)c1ccccc1. The maximum absolute atomic E-state index is 12.6. The first-order valence-electron chi connectivity index (χ1n) is 9.49. The van der Waals surface area contributed by atoms with E-state index < -0.39 is 6.61 Å². The fraction of sp³-hybridized carbons (Fsp3) is 0.273. The fourth-order valence-corrected chi connectivity index (χ4v) is 3.60. The Hall–Kier alpha value is -2.74. The third-order valence-corrected chi connectivity index (χ3v) is 5.26. The average molecular weight is 479 g/mol. The van der Waals surface area contributed by atoms with E-state index in [1.165, 1.54) is 18.2 Å². The molecule has 1 aliphatic heterocycles. The van der Waals surface area contributed by atoms with Gasteiger partial charge in [0.15, 0.2) is 0 Å². The van der Waals surface area contributed by atoms with Crippen LogP contribution in [0.15, 0.2) is 59.1 Å². The Bertz CT molecular complexity index is 914. The molecule has 3 rings (SSSR count). The first kappa shape index (κ1) is 22.0. The van der Waals surface area contributed by atoms with Gasteiger partial charge in [-0.25, -0.2) is 0 Å². The number of ether oxygens (including phenoxy) is 1. The van der Waals surface area contributed by atoms with Gasteiger partial charge in [-0.1, -0.05) is 34.1 Å². The summed E-state index contributed by atoms with van der Waals surface area (Å²) in [5.74, 6) is -0.341. The fourth-order valence-electron chi connectivity index (χ4n) is 3.22. The monoisotopic (exact) mass is 478 g/mol. The molecule has 30 heavy (non-hydrogen) atoms. The zero-order valence-corrected chi connectivity index (χ0v) is 17.6. The van der Waals surface area contributed by atoms with Crippen LogP contribution in [0.1, 0.15) is 28.8 Å². The number of carbonyl (C=O) groups is 2. The van der Waals surface area contributed by atoms with Crippen LogP contribution >= 0.6 is 15.9 Å². The molecule has 2 aromatic carbocycles. The summed E-state index contributed by atoms with van der Waals surface area (Å²) in [6, 6.07) is 13.6. The van der Waals surface area contributed by atoms with Crippen molar-refractivity contribution in [3.05, 3.63) is 70.2 Å². The minimum absolute atomic E-state index is 0.000387. The first-order chi connectivity index (χ1) is 14.4. The van der Waals surface area contributed by atoms with Crippen molar-refractivity contribution in [1.29, 1.82) is 0 Å². The second-order valence-corrected chi connectivity index (χ2v) is 7.75. The van der Waals surface area contributed by atoms with Gasteiger partial charge in [-0.05, 0) is 49.2 Å². The molecule has 1 saturated heterocycles. The van der Waals surface area contributed by atoms with Gasteiger partial charge in [-0.2, -0.15) is 8.78 Å². The number of rotatable bonds is 6. The number of benzene rings is 2. The lowest BCUT2D eigenvalue weighted by molar-refractivity contribution is -0.127. The minimum Gasteiger partial charge on any atom is -0.434 e. The quantitative estimate of drug-likeness (QED) is 0.622. The van der Waals surface area contributed by atoms with Crippen molar-refractivity contribution >= 4 is 33.8 Å². The molecule has 5 nitrogen and oxygen atoms in total. The highest BCUT2D eigenvalue weighted by Gasteiger charge is 2.23. The van der Waals surface area contributed by atoms with Gasteiger partial charge in [0.1, 0.15) is 5.75 Å². The molecular weight excluding hydrogens is 458 g/mol. The summed E-state index contributed by atoms with van der Waals surface area (Å²) in [5, 5.41) is 3.00. The van der Waals surface area contributed by atoms with E-state index in [2.05, 4.69) is 26.0 Å². The summed E-state index contributed by atoms with van der Waals surface area (Å²) in [6.07, 6.45) is 4.11. The van der Waals surface area contributed by atoms with Gasteiger partial charge in [0, 0.05) is 40.8 Å². The summed E-state index contributed by atoms with van der Waals surface area (Å²) >= 11 is 3.28. The third kappa shape index (κ3) is 6.13. The lowest BCUT2D eigenvalue weighted by atomic mass is 10.0. The highest BCUT2D eigenvalue weighted by molar-refractivity contribution is 9.10. The lowest BCUT2D eigenvalue weighted by Crippen LogP contribution is -2.46. The number of nitrogens with one attached hydrogen (secondary N) is 1. The molecule has 2 aromatic rings. The zero-order chi connectivity index (χ0) is 21.5. The highest BCUT2D eigenvalue weighted by atomic mass is 79.9. The van der Waals surface area contributed by atoms with E-state index in [0.717, 1.165) is 0 Å². The van der Waals surface area contributed by atoms with Gasteiger partial charge >= 0.3 is 6.61 Å². The van der Waals surface area contributed by atoms with Crippen LogP contribution in [0.4, 0.5) is 8.78 Å². The number of hydrogen-bond acceptors (Lipinski definition) is 3. The molecule has 8 heteroatoms. The number of halogens is 3. The number of likely N-dealkylation sites (tertiary alicyclic amines) is 1. The first-order valence-corrected chi connectivity index (χ1v) is 10.3. The number of hydrogen-bond donors (Lipinski definition) is 1. The molecule has 0 bridgehead atoms. The normalized spacial score (nSPS) is 14.9. The number of alkyl halides is 2. The van der Waals surface area contributed by atoms with Gasteiger partial charge < -0.3 is 15.0 Å². The molecule has 1 N–H and O–H groups in total.